The summed E-state index contributed by atoms with van der Waals surface area (Å²) in [6, 6.07) is 2.66. The largest absolute Gasteiger partial charge is 1.00 e. The van der Waals surface area contributed by atoms with Crippen molar-refractivity contribution in [2.75, 3.05) is 5.73 Å². The van der Waals surface area contributed by atoms with E-state index in [2.05, 4.69) is 0 Å². The van der Waals surface area contributed by atoms with E-state index >= 15 is 0 Å². The Morgan fingerprint density at radius 2 is 1.87 bits per heavy atom. The number of hydrogen-bond donors (Lipinski definition) is 1. The van der Waals surface area contributed by atoms with E-state index in [9.17, 15) is 23.1 Å². The van der Waals surface area contributed by atoms with Crippen LogP contribution in [0.25, 0.3) is 0 Å². The molecule has 7 nitrogen and oxygen atoms in total. The smallest absolute Gasteiger partial charge is 0.744 e. The summed E-state index contributed by atoms with van der Waals surface area (Å²) < 4.78 is 31.7. The van der Waals surface area contributed by atoms with Crippen molar-refractivity contribution >= 4 is 21.5 Å². The average molecular weight is 240 g/mol. The molecule has 0 bridgehead atoms. The number of benzene rings is 1. The second-order valence-corrected chi connectivity index (χ2v) is 3.78. The zero-order valence-electron chi connectivity index (χ0n) is 7.71. The van der Waals surface area contributed by atoms with Gasteiger partial charge in [0.2, 0.25) is 0 Å². The Balaban J connectivity index is 0.00000196. The van der Waals surface area contributed by atoms with Crippen molar-refractivity contribution in [3.05, 3.63) is 28.3 Å². The predicted octanol–water partition coefficient (Wildman–Crippen LogP) is -2.91. The van der Waals surface area contributed by atoms with E-state index in [1.165, 1.54) is 0 Å². The fourth-order valence-corrected chi connectivity index (χ4v) is 1.47. The van der Waals surface area contributed by atoms with E-state index in [1.54, 1.807) is 0 Å². The Kier molecular flexibility index (Phi) is 4.68. The van der Waals surface area contributed by atoms with Gasteiger partial charge in [-0.15, -0.1) is 0 Å². The van der Waals surface area contributed by atoms with E-state index in [1.807, 2.05) is 0 Å². The fraction of sp³-hybridized carbons (Fsp3) is 0. The number of nitro benzene ring substituents is 1. The number of non-ortho nitro benzene ring substituents is 1. The van der Waals surface area contributed by atoms with Crippen molar-refractivity contribution in [2.24, 2.45) is 0 Å². The molecule has 1 rings (SSSR count). The first kappa shape index (κ1) is 14.3. The van der Waals surface area contributed by atoms with Gasteiger partial charge in [0, 0.05) is 17.8 Å². The molecule has 1 aromatic carbocycles. The number of nitrogen functional groups attached to an aromatic ring is 1. The molecule has 0 unspecified atom stereocenters. The topological polar surface area (TPSA) is 126 Å². The summed E-state index contributed by atoms with van der Waals surface area (Å²) in [4.78, 5) is 8.68. The van der Waals surface area contributed by atoms with Crippen molar-refractivity contribution < 1.29 is 47.5 Å². The number of anilines is 1. The molecular formula is C6H5N2NaO5S. The molecule has 0 radical (unpaired) electrons. The van der Waals surface area contributed by atoms with Gasteiger partial charge in [0.15, 0.2) is 0 Å². The number of hydrogen-bond acceptors (Lipinski definition) is 6. The third-order valence-corrected chi connectivity index (χ3v) is 2.37. The van der Waals surface area contributed by atoms with Gasteiger partial charge in [0.05, 0.1) is 9.82 Å². The van der Waals surface area contributed by atoms with Crippen LogP contribution in [0.15, 0.2) is 23.1 Å². The van der Waals surface area contributed by atoms with Crippen LogP contribution in [0.5, 0.6) is 0 Å². The molecule has 0 aliphatic rings. The van der Waals surface area contributed by atoms with Gasteiger partial charge in [-0.1, -0.05) is 0 Å². The van der Waals surface area contributed by atoms with Crippen molar-refractivity contribution in [1.82, 2.24) is 0 Å². The van der Waals surface area contributed by atoms with Gasteiger partial charge in [-0.3, -0.25) is 10.1 Å². The Labute approximate surface area is 107 Å². The van der Waals surface area contributed by atoms with Gasteiger partial charge < -0.3 is 10.3 Å². The monoisotopic (exact) mass is 240 g/mol. The van der Waals surface area contributed by atoms with Crippen LogP contribution in [-0.2, 0) is 10.1 Å². The van der Waals surface area contributed by atoms with Crippen LogP contribution in [0.4, 0.5) is 11.4 Å². The summed E-state index contributed by atoms with van der Waals surface area (Å²) >= 11 is 0. The maximum Gasteiger partial charge on any atom is 1.00 e. The summed E-state index contributed by atoms with van der Waals surface area (Å²) in [6.07, 6.45) is 0. The summed E-state index contributed by atoms with van der Waals surface area (Å²) in [6.45, 7) is 0. The summed E-state index contributed by atoms with van der Waals surface area (Å²) in [5.74, 6) is 0. The van der Waals surface area contributed by atoms with Crippen LogP contribution in [0.3, 0.4) is 0 Å². The first-order chi connectivity index (χ1) is 6.32. The van der Waals surface area contributed by atoms with Gasteiger partial charge in [0.1, 0.15) is 10.1 Å². The van der Waals surface area contributed by atoms with E-state index in [0.717, 1.165) is 12.1 Å². The quantitative estimate of drug-likeness (QED) is 0.194. The molecule has 0 saturated heterocycles. The number of nitrogens with two attached hydrogens (primary N) is 1. The minimum absolute atomic E-state index is 0. The zero-order chi connectivity index (χ0) is 10.9. The van der Waals surface area contributed by atoms with Crippen LogP contribution in [0, 0.1) is 10.1 Å². The first-order valence-corrected chi connectivity index (χ1v) is 4.73. The van der Waals surface area contributed by atoms with E-state index in [-0.39, 0.29) is 35.2 Å². The number of rotatable bonds is 2. The maximum atomic E-state index is 10.6. The molecule has 0 fully saturated rings. The molecule has 0 aliphatic heterocycles. The minimum atomic E-state index is -4.77. The van der Waals surface area contributed by atoms with Crippen LogP contribution < -0.4 is 35.3 Å². The summed E-state index contributed by atoms with van der Waals surface area (Å²) in [5, 5.41) is 10.3. The molecule has 15 heavy (non-hydrogen) atoms. The SMILES string of the molecule is Nc1ccc([N+](=O)[O-])cc1S(=O)(=O)[O-].[Na+]. The van der Waals surface area contributed by atoms with E-state index < -0.39 is 25.6 Å². The Morgan fingerprint density at radius 1 is 1.33 bits per heavy atom. The minimum Gasteiger partial charge on any atom is -0.744 e. The predicted molar refractivity (Wildman–Crippen MR) is 45.5 cm³/mol. The molecule has 0 atom stereocenters. The molecule has 1 aromatic rings. The second-order valence-electron chi connectivity index (χ2n) is 2.43. The van der Waals surface area contributed by atoms with Crippen LogP contribution in [0.2, 0.25) is 0 Å². The Hall–Kier alpha value is -0.670. The number of nitrogens with zero attached hydrogens (tertiary/aromatic N) is 1. The Morgan fingerprint density at radius 3 is 2.27 bits per heavy atom. The molecule has 2 N–H and O–H groups in total. The maximum absolute atomic E-state index is 10.6. The normalized spacial score (nSPS) is 10.5. The van der Waals surface area contributed by atoms with Gasteiger partial charge in [0.25, 0.3) is 5.69 Å². The molecule has 0 amide bonds. The van der Waals surface area contributed by atoms with Crippen molar-refractivity contribution in [2.45, 2.75) is 4.90 Å². The molecule has 0 spiro atoms. The standard InChI is InChI=1S/C6H6N2O5S.Na/c7-5-2-1-4(8(9)10)3-6(5)14(11,12)13;/h1-3H,7H2,(H,11,12,13);/q;+1/p-1. The molecule has 0 aromatic heterocycles. The molecule has 9 heteroatoms. The van der Waals surface area contributed by atoms with Crippen LogP contribution in [-0.4, -0.2) is 17.9 Å². The average Bonchev–Trinajstić information content (AvgIpc) is 2.02. The van der Waals surface area contributed by atoms with Gasteiger partial charge in [-0.25, -0.2) is 8.42 Å². The van der Waals surface area contributed by atoms with Crippen molar-refractivity contribution in [3.8, 4) is 0 Å². The summed E-state index contributed by atoms with van der Waals surface area (Å²) in [5.41, 5.74) is 4.38. The van der Waals surface area contributed by atoms with E-state index in [4.69, 9.17) is 5.73 Å². The number of nitro groups is 1. The molecule has 76 valence electrons. The van der Waals surface area contributed by atoms with Gasteiger partial charge >= 0.3 is 29.6 Å². The second kappa shape index (κ2) is 4.90. The van der Waals surface area contributed by atoms with Gasteiger partial charge in [-0.2, -0.15) is 0 Å². The molecule has 0 heterocycles. The third-order valence-electron chi connectivity index (χ3n) is 1.48. The van der Waals surface area contributed by atoms with Crippen molar-refractivity contribution in [3.63, 3.8) is 0 Å². The van der Waals surface area contributed by atoms with Crippen LogP contribution >= 0.6 is 0 Å². The van der Waals surface area contributed by atoms with Crippen molar-refractivity contribution in [1.29, 1.82) is 0 Å². The van der Waals surface area contributed by atoms with Crippen LogP contribution in [0.1, 0.15) is 0 Å². The van der Waals surface area contributed by atoms with Gasteiger partial charge in [-0.05, 0) is 6.07 Å². The molecular weight excluding hydrogens is 235 g/mol. The molecule has 0 saturated carbocycles. The Bertz CT molecular complexity index is 486. The molecule has 0 aliphatic carbocycles. The first-order valence-electron chi connectivity index (χ1n) is 3.32. The zero-order valence-corrected chi connectivity index (χ0v) is 10.5. The summed E-state index contributed by atoms with van der Waals surface area (Å²) in [7, 11) is -4.77. The van der Waals surface area contributed by atoms with E-state index in [0.29, 0.717) is 6.07 Å². The fourth-order valence-electron chi connectivity index (χ4n) is 0.853. The third kappa shape index (κ3) is 3.43.